The third-order valence-corrected chi connectivity index (χ3v) is 7.81. The first-order valence-corrected chi connectivity index (χ1v) is 12.7. The lowest BCUT2D eigenvalue weighted by Crippen LogP contribution is -2.68. The van der Waals surface area contributed by atoms with Gasteiger partial charge >= 0.3 is 5.97 Å². The highest BCUT2D eigenvalue weighted by molar-refractivity contribution is 5.94. The van der Waals surface area contributed by atoms with Crippen molar-refractivity contribution in [3.63, 3.8) is 0 Å². The Kier molecular flexibility index (Phi) is 7.22. The van der Waals surface area contributed by atoms with E-state index < -0.39 is 11.0 Å². The highest BCUT2D eigenvalue weighted by Crippen LogP contribution is 2.54. The van der Waals surface area contributed by atoms with Crippen molar-refractivity contribution in [2.45, 2.75) is 63.5 Å². The van der Waals surface area contributed by atoms with Crippen LogP contribution < -0.4 is 0 Å². The summed E-state index contributed by atoms with van der Waals surface area (Å²) in [6.45, 7) is 7.89. The van der Waals surface area contributed by atoms with Crippen LogP contribution in [0.3, 0.4) is 0 Å². The number of ether oxygens (including phenoxy) is 1. The lowest BCUT2D eigenvalue weighted by Gasteiger charge is -2.60. The Labute approximate surface area is 208 Å². The number of esters is 1. The first-order valence-electron chi connectivity index (χ1n) is 12.7. The lowest BCUT2D eigenvalue weighted by atomic mass is 9.55. The number of hydrogen-bond donors (Lipinski definition) is 1. The number of carbonyl (C=O) groups excluding carboxylic acids is 2. The quantitative estimate of drug-likeness (QED) is 0.614. The normalized spacial score (nSPS) is 26.7. The molecule has 2 aliphatic rings. The first-order chi connectivity index (χ1) is 16.7. The van der Waals surface area contributed by atoms with Crippen molar-refractivity contribution in [3.05, 3.63) is 65.7 Å². The summed E-state index contributed by atoms with van der Waals surface area (Å²) in [5.74, 6) is 0.275. The van der Waals surface area contributed by atoms with Crippen LogP contribution in [0, 0.1) is 5.92 Å². The number of likely N-dealkylation sites (tertiary alicyclic amines) is 1. The highest BCUT2D eigenvalue weighted by atomic mass is 16.6. The zero-order chi connectivity index (χ0) is 25.2. The van der Waals surface area contributed by atoms with Crippen LogP contribution in [0.25, 0.3) is 0 Å². The summed E-state index contributed by atoms with van der Waals surface area (Å²) in [6, 6.07) is 16.9. The minimum Gasteiger partial charge on any atom is -0.508 e. The standard InChI is InChI=1S/C29H38N2O4/c1-21(2)19-31(27(34)23-9-6-5-7-10-23)25-13-14-29(35-22(3)32)20-30(4)16-15-28(29,18-25)24-11-8-12-26(33)17-24/h5-12,17,21,25,33H,13-16,18-20H2,1-4H3/t25-,28?,29?/m0/s1. The second-order valence-corrected chi connectivity index (χ2v) is 10.8. The molecule has 1 amide bonds. The summed E-state index contributed by atoms with van der Waals surface area (Å²) < 4.78 is 6.24. The van der Waals surface area contributed by atoms with Crippen molar-refractivity contribution in [3.8, 4) is 5.75 Å². The molecule has 1 heterocycles. The topological polar surface area (TPSA) is 70.1 Å². The van der Waals surface area contributed by atoms with Gasteiger partial charge in [-0.3, -0.25) is 9.59 Å². The van der Waals surface area contributed by atoms with E-state index in [1.807, 2.05) is 53.4 Å². The number of piperidine rings is 1. The molecule has 1 N–H and O–H groups in total. The van der Waals surface area contributed by atoms with E-state index in [1.165, 1.54) is 6.92 Å². The number of nitrogens with zero attached hydrogens (tertiary/aromatic N) is 2. The van der Waals surface area contributed by atoms with Gasteiger partial charge in [-0.2, -0.15) is 0 Å². The molecule has 2 fully saturated rings. The number of fused-ring (bicyclic) bond motifs is 1. The molecule has 188 valence electrons. The molecule has 2 unspecified atom stereocenters. The molecule has 2 aromatic carbocycles. The van der Waals surface area contributed by atoms with Gasteiger partial charge in [0.15, 0.2) is 0 Å². The maximum absolute atomic E-state index is 13.7. The minimum atomic E-state index is -0.713. The average Bonchev–Trinajstić information content (AvgIpc) is 2.82. The van der Waals surface area contributed by atoms with Crippen molar-refractivity contribution < 1.29 is 19.4 Å². The molecular weight excluding hydrogens is 440 g/mol. The smallest absolute Gasteiger partial charge is 0.303 e. The SMILES string of the molecule is CC(=O)OC12CC[C@H](N(CC(C)C)C(=O)c3ccccc3)CC1(c1cccc(O)c1)CCN(C)C2. The molecule has 3 atom stereocenters. The Hall–Kier alpha value is -2.86. The van der Waals surface area contributed by atoms with Crippen molar-refractivity contribution >= 4 is 11.9 Å². The number of phenolic OH excluding ortho intramolecular Hbond substituents is 1. The summed E-state index contributed by atoms with van der Waals surface area (Å²) in [6.07, 6.45) is 2.88. The fourth-order valence-electron chi connectivity index (χ4n) is 6.38. The predicted molar refractivity (Wildman–Crippen MR) is 136 cm³/mol. The van der Waals surface area contributed by atoms with E-state index in [-0.39, 0.29) is 23.7 Å². The summed E-state index contributed by atoms with van der Waals surface area (Å²) >= 11 is 0. The Balaban J connectivity index is 1.79. The van der Waals surface area contributed by atoms with E-state index in [4.69, 9.17) is 4.74 Å². The maximum Gasteiger partial charge on any atom is 0.303 e. The Bertz CT molecular complexity index is 1060. The van der Waals surface area contributed by atoms with E-state index >= 15 is 0 Å². The third kappa shape index (κ3) is 4.94. The van der Waals surface area contributed by atoms with Gasteiger partial charge in [-0.05, 0) is 75.0 Å². The zero-order valence-corrected chi connectivity index (χ0v) is 21.4. The maximum atomic E-state index is 13.7. The number of likely N-dealkylation sites (N-methyl/N-ethyl adjacent to an activating group) is 1. The van der Waals surface area contributed by atoms with Gasteiger partial charge in [0.1, 0.15) is 11.4 Å². The van der Waals surface area contributed by atoms with Crippen LogP contribution in [0.4, 0.5) is 0 Å². The molecule has 6 heteroatoms. The van der Waals surface area contributed by atoms with E-state index in [0.717, 1.165) is 24.9 Å². The molecule has 0 aromatic heterocycles. The highest BCUT2D eigenvalue weighted by Gasteiger charge is 2.61. The number of aromatic hydroxyl groups is 1. The predicted octanol–water partition coefficient (Wildman–Crippen LogP) is 4.62. The van der Waals surface area contributed by atoms with Gasteiger partial charge in [0.05, 0.1) is 0 Å². The van der Waals surface area contributed by atoms with Crippen molar-refractivity contribution in [2.24, 2.45) is 5.92 Å². The number of benzene rings is 2. The van der Waals surface area contributed by atoms with Crippen LogP contribution in [0.15, 0.2) is 54.6 Å². The molecular formula is C29H38N2O4. The molecule has 1 aliphatic heterocycles. The third-order valence-electron chi connectivity index (χ3n) is 7.81. The van der Waals surface area contributed by atoms with Crippen molar-refractivity contribution in [1.82, 2.24) is 9.80 Å². The van der Waals surface area contributed by atoms with Crippen molar-refractivity contribution in [1.29, 1.82) is 0 Å². The van der Waals surface area contributed by atoms with Gasteiger partial charge in [0.2, 0.25) is 0 Å². The van der Waals surface area contributed by atoms with Crippen LogP contribution in [0.1, 0.15) is 62.4 Å². The molecule has 0 spiro atoms. The van der Waals surface area contributed by atoms with Crippen LogP contribution in [0.2, 0.25) is 0 Å². The van der Waals surface area contributed by atoms with Crippen LogP contribution in [0.5, 0.6) is 5.75 Å². The van der Waals surface area contributed by atoms with Gasteiger partial charge in [0.25, 0.3) is 5.91 Å². The molecule has 0 radical (unpaired) electrons. The molecule has 2 aromatic rings. The molecule has 35 heavy (non-hydrogen) atoms. The second-order valence-electron chi connectivity index (χ2n) is 10.8. The number of hydrogen-bond acceptors (Lipinski definition) is 5. The Morgan fingerprint density at radius 2 is 1.89 bits per heavy atom. The largest absolute Gasteiger partial charge is 0.508 e. The molecule has 1 saturated heterocycles. The van der Waals surface area contributed by atoms with Gasteiger partial charge in [0, 0.05) is 37.0 Å². The van der Waals surface area contributed by atoms with Gasteiger partial charge in [-0.25, -0.2) is 0 Å². The Morgan fingerprint density at radius 1 is 1.14 bits per heavy atom. The summed E-state index contributed by atoms with van der Waals surface area (Å²) in [5, 5.41) is 10.4. The van der Waals surface area contributed by atoms with Crippen LogP contribution in [-0.2, 0) is 14.9 Å². The van der Waals surface area contributed by atoms with E-state index in [9.17, 15) is 14.7 Å². The lowest BCUT2D eigenvalue weighted by molar-refractivity contribution is -0.187. The zero-order valence-electron chi connectivity index (χ0n) is 21.4. The fraction of sp³-hybridized carbons (Fsp3) is 0.517. The fourth-order valence-corrected chi connectivity index (χ4v) is 6.38. The number of phenols is 1. The number of rotatable bonds is 6. The number of carbonyl (C=O) groups is 2. The molecule has 1 saturated carbocycles. The average molecular weight is 479 g/mol. The van der Waals surface area contributed by atoms with Gasteiger partial charge < -0.3 is 19.6 Å². The molecule has 0 bridgehead atoms. The van der Waals surface area contributed by atoms with Crippen molar-refractivity contribution in [2.75, 3.05) is 26.7 Å². The van der Waals surface area contributed by atoms with Crippen LogP contribution in [-0.4, -0.2) is 65.1 Å². The monoisotopic (exact) mass is 478 g/mol. The minimum absolute atomic E-state index is 0.000422. The van der Waals surface area contributed by atoms with Gasteiger partial charge in [-0.1, -0.05) is 44.2 Å². The number of amides is 1. The van der Waals surface area contributed by atoms with E-state index in [2.05, 4.69) is 25.8 Å². The molecule has 4 rings (SSSR count). The second kappa shape index (κ2) is 10.0. The van der Waals surface area contributed by atoms with Gasteiger partial charge in [-0.15, -0.1) is 0 Å². The van der Waals surface area contributed by atoms with E-state index in [0.29, 0.717) is 37.4 Å². The molecule has 6 nitrogen and oxygen atoms in total. The van der Waals surface area contributed by atoms with Crippen LogP contribution >= 0.6 is 0 Å². The summed E-state index contributed by atoms with van der Waals surface area (Å²) in [5.41, 5.74) is 0.460. The summed E-state index contributed by atoms with van der Waals surface area (Å²) in [4.78, 5) is 30.4. The molecule has 1 aliphatic carbocycles. The Morgan fingerprint density at radius 3 is 2.54 bits per heavy atom. The summed E-state index contributed by atoms with van der Waals surface area (Å²) in [7, 11) is 2.06. The first kappa shape index (κ1) is 25.2. The van der Waals surface area contributed by atoms with E-state index in [1.54, 1.807) is 6.07 Å².